The van der Waals surface area contributed by atoms with E-state index in [1.807, 2.05) is 0 Å². The molecule has 0 heterocycles. The van der Waals surface area contributed by atoms with Crippen LogP contribution in [0.3, 0.4) is 0 Å². The molecule has 0 nitrogen and oxygen atoms in total. The molecule has 0 unspecified atom stereocenters. The highest BCUT2D eigenvalue weighted by molar-refractivity contribution is 14.1. The van der Waals surface area contributed by atoms with Gasteiger partial charge in [0.2, 0.25) is 0 Å². The molecule has 6 rings (SSSR count). The summed E-state index contributed by atoms with van der Waals surface area (Å²) >= 11 is 9.73. The van der Waals surface area contributed by atoms with Gasteiger partial charge in [0.15, 0.2) is 0 Å². The number of halogens is 4. The average molecular weight is 912 g/mol. The molecule has 4 heteroatoms. The maximum atomic E-state index is 2.45. The van der Waals surface area contributed by atoms with Gasteiger partial charge in [-0.25, -0.2) is 0 Å². The summed E-state index contributed by atoms with van der Waals surface area (Å²) in [6, 6.07) is 42.9. The van der Waals surface area contributed by atoms with Crippen molar-refractivity contribution in [3.05, 3.63) is 136 Å². The molecular weight excluding hydrogens is 892 g/mol. The fraction of sp³-hybridized carbons (Fsp3) is 0. The summed E-state index contributed by atoms with van der Waals surface area (Å²) in [5, 5.41) is 5.27. The highest BCUT2D eigenvalue weighted by Gasteiger charge is 2.12. The van der Waals surface area contributed by atoms with Gasteiger partial charge in [-0.1, -0.05) is 109 Å². The molecule has 0 aromatic heterocycles. The smallest absolute Gasteiger partial charge is 0.0348 e. The van der Waals surface area contributed by atoms with E-state index in [2.05, 4.69) is 212 Å². The summed E-state index contributed by atoms with van der Waals surface area (Å²) < 4.78 is 5.28. The Morgan fingerprint density at radius 3 is 1.08 bits per heavy atom. The summed E-state index contributed by atoms with van der Waals surface area (Å²) in [5.74, 6) is 0. The summed E-state index contributed by atoms with van der Waals surface area (Å²) in [6.07, 6.45) is 0. The van der Waals surface area contributed by atoms with Gasteiger partial charge in [-0.05, 0) is 135 Å². The second kappa shape index (κ2) is 12.1. The first-order valence-corrected chi connectivity index (χ1v) is 15.7. The van der Waals surface area contributed by atoms with E-state index < -0.39 is 0 Å². The van der Waals surface area contributed by atoms with Gasteiger partial charge in [0.25, 0.3) is 0 Å². The van der Waals surface area contributed by atoms with Crippen LogP contribution in [0.4, 0.5) is 0 Å². The van der Waals surface area contributed by atoms with Gasteiger partial charge >= 0.3 is 0 Å². The lowest BCUT2D eigenvalue weighted by Gasteiger charge is -2.11. The number of hydrogen-bond donors (Lipinski definition) is 0. The fourth-order valence-electron chi connectivity index (χ4n) is 4.35. The first kappa shape index (κ1) is 26.4. The van der Waals surface area contributed by atoms with Gasteiger partial charge < -0.3 is 0 Å². The van der Waals surface area contributed by atoms with Gasteiger partial charge in [0.1, 0.15) is 0 Å². The molecule has 0 saturated carbocycles. The van der Waals surface area contributed by atoms with E-state index in [4.69, 9.17) is 0 Å². The SMILES string of the molecule is Ic1cc2ccccc2c(-c2ccccc2)c1I.Ic1cc2ccccc2c(-c2ccccc2)c1I. The maximum absolute atomic E-state index is 2.45. The minimum atomic E-state index is 1.29. The zero-order valence-electron chi connectivity index (χ0n) is 19.1. The molecule has 36 heavy (non-hydrogen) atoms. The van der Waals surface area contributed by atoms with Crippen molar-refractivity contribution in [2.45, 2.75) is 0 Å². The predicted molar refractivity (Wildman–Crippen MR) is 190 cm³/mol. The van der Waals surface area contributed by atoms with E-state index in [0.29, 0.717) is 0 Å². The lowest BCUT2D eigenvalue weighted by Crippen LogP contribution is -1.89. The van der Waals surface area contributed by atoms with Crippen molar-refractivity contribution in [2.75, 3.05) is 0 Å². The van der Waals surface area contributed by atoms with E-state index in [9.17, 15) is 0 Å². The van der Waals surface area contributed by atoms with Crippen molar-refractivity contribution in [1.82, 2.24) is 0 Å². The van der Waals surface area contributed by atoms with Crippen LogP contribution in [0, 0.1) is 14.3 Å². The molecule has 6 aromatic carbocycles. The molecule has 0 aliphatic heterocycles. The lowest BCUT2D eigenvalue weighted by atomic mass is 9.98. The normalized spacial score (nSPS) is 10.8. The van der Waals surface area contributed by atoms with Gasteiger partial charge in [-0.15, -0.1) is 0 Å². The highest BCUT2D eigenvalue weighted by Crippen LogP contribution is 2.37. The van der Waals surface area contributed by atoms with Crippen molar-refractivity contribution in [1.29, 1.82) is 0 Å². The molecule has 0 atom stereocenters. The first-order valence-electron chi connectivity index (χ1n) is 11.4. The Hall–Kier alpha value is -1.24. The Kier molecular flexibility index (Phi) is 8.85. The van der Waals surface area contributed by atoms with Crippen LogP contribution in [-0.4, -0.2) is 0 Å². The number of rotatable bonds is 2. The summed E-state index contributed by atoms with van der Waals surface area (Å²) in [6.45, 7) is 0. The molecule has 176 valence electrons. The van der Waals surface area contributed by atoms with Crippen LogP contribution >= 0.6 is 90.4 Å². The third-order valence-corrected chi connectivity index (χ3v) is 12.0. The minimum Gasteiger partial charge on any atom is -0.0622 e. The largest absolute Gasteiger partial charge is 0.0622 e. The Bertz CT molecular complexity index is 1530. The highest BCUT2D eigenvalue weighted by atomic mass is 127. The molecule has 0 radical (unpaired) electrons. The number of hydrogen-bond acceptors (Lipinski definition) is 0. The Labute approximate surface area is 266 Å². The van der Waals surface area contributed by atoms with Crippen LogP contribution < -0.4 is 0 Å². The van der Waals surface area contributed by atoms with Gasteiger partial charge in [0, 0.05) is 25.4 Å². The van der Waals surface area contributed by atoms with Crippen molar-refractivity contribution in [3.63, 3.8) is 0 Å². The van der Waals surface area contributed by atoms with Crippen LogP contribution in [0.5, 0.6) is 0 Å². The van der Waals surface area contributed by atoms with Crippen LogP contribution in [0.15, 0.2) is 121 Å². The van der Waals surface area contributed by atoms with Gasteiger partial charge in [0.05, 0.1) is 0 Å². The fourth-order valence-corrected chi connectivity index (χ4v) is 7.08. The monoisotopic (exact) mass is 912 g/mol. The van der Waals surface area contributed by atoms with Crippen molar-refractivity contribution in [2.24, 2.45) is 0 Å². The second-order valence-corrected chi connectivity index (χ2v) is 12.8. The van der Waals surface area contributed by atoms with Crippen molar-refractivity contribution in [3.8, 4) is 22.3 Å². The third-order valence-electron chi connectivity index (χ3n) is 6.01. The standard InChI is InChI=1S/2C16H10I2/c2*17-14-10-12-8-4-5-9-13(12)15(16(14)18)11-6-2-1-3-7-11/h2*1-10H. The van der Waals surface area contributed by atoms with E-state index >= 15 is 0 Å². The molecule has 0 aliphatic carbocycles. The molecule has 0 saturated heterocycles. The van der Waals surface area contributed by atoms with E-state index in [1.54, 1.807) is 0 Å². The molecule has 0 aliphatic rings. The molecule has 0 amide bonds. The summed E-state index contributed by atoms with van der Waals surface area (Å²) in [5.41, 5.74) is 5.27. The molecule has 0 fully saturated rings. The van der Waals surface area contributed by atoms with E-state index in [0.717, 1.165) is 0 Å². The number of fused-ring (bicyclic) bond motifs is 2. The van der Waals surface area contributed by atoms with E-state index in [1.165, 1.54) is 58.1 Å². The Morgan fingerprint density at radius 1 is 0.361 bits per heavy atom. The van der Waals surface area contributed by atoms with Gasteiger partial charge in [-0.2, -0.15) is 0 Å². The zero-order valence-corrected chi connectivity index (χ0v) is 27.7. The average Bonchev–Trinajstić information content (AvgIpc) is 2.91. The summed E-state index contributed by atoms with van der Waals surface area (Å²) in [4.78, 5) is 0. The zero-order chi connectivity index (χ0) is 25.1. The van der Waals surface area contributed by atoms with Crippen LogP contribution in [0.1, 0.15) is 0 Å². The molecule has 0 spiro atoms. The van der Waals surface area contributed by atoms with Crippen LogP contribution in [0.25, 0.3) is 43.8 Å². The molecule has 0 bridgehead atoms. The number of benzene rings is 6. The van der Waals surface area contributed by atoms with Crippen LogP contribution in [0.2, 0.25) is 0 Å². The van der Waals surface area contributed by atoms with Crippen LogP contribution in [-0.2, 0) is 0 Å². The molecule has 0 N–H and O–H groups in total. The summed E-state index contributed by atoms with van der Waals surface area (Å²) in [7, 11) is 0. The first-order chi connectivity index (χ1) is 17.5. The van der Waals surface area contributed by atoms with Crippen molar-refractivity contribution < 1.29 is 0 Å². The Balaban J connectivity index is 0.000000148. The minimum absolute atomic E-state index is 1.29. The maximum Gasteiger partial charge on any atom is 0.0348 e. The third kappa shape index (κ3) is 5.61. The predicted octanol–water partition coefficient (Wildman–Crippen LogP) is 11.4. The van der Waals surface area contributed by atoms with E-state index in [-0.39, 0.29) is 0 Å². The molecule has 6 aromatic rings. The topological polar surface area (TPSA) is 0 Å². The quantitative estimate of drug-likeness (QED) is 0.152. The Morgan fingerprint density at radius 2 is 0.694 bits per heavy atom. The second-order valence-electron chi connectivity index (χ2n) is 8.27. The lowest BCUT2D eigenvalue weighted by molar-refractivity contribution is 1.58. The van der Waals surface area contributed by atoms with Crippen molar-refractivity contribution >= 4 is 112 Å². The molecular formula is C32H20I4. The van der Waals surface area contributed by atoms with Gasteiger partial charge in [-0.3, -0.25) is 0 Å².